The topological polar surface area (TPSA) is 76.9 Å². The number of anilines is 1. The summed E-state index contributed by atoms with van der Waals surface area (Å²) in [7, 11) is 0. The first-order chi connectivity index (χ1) is 14.4. The van der Waals surface area contributed by atoms with Gasteiger partial charge in [0.15, 0.2) is 10.9 Å². The largest absolute Gasteiger partial charge is 0.326 e. The lowest BCUT2D eigenvalue weighted by Gasteiger charge is -2.12. The first-order valence-corrected chi connectivity index (χ1v) is 10.9. The molecule has 1 heterocycles. The van der Waals surface area contributed by atoms with Gasteiger partial charge in [-0.3, -0.25) is 14.2 Å². The highest BCUT2D eigenvalue weighted by molar-refractivity contribution is 8.00. The van der Waals surface area contributed by atoms with Crippen LogP contribution >= 0.6 is 23.4 Å². The third-order valence-corrected chi connectivity index (χ3v) is 6.00. The van der Waals surface area contributed by atoms with E-state index < -0.39 is 0 Å². The molecule has 1 aromatic heterocycles. The molecule has 3 aromatic rings. The number of aromatic nitrogens is 3. The van der Waals surface area contributed by atoms with Gasteiger partial charge < -0.3 is 5.32 Å². The summed E-state index contributed by atoms with van der Waals surface area (Å²) in [5.74, 6) is -0.0565. The van der Waals surface area contributed by atoms with Crippen LogP contribution in [-0.2, 0) is 4.79 Å². The van der Waals surface area contributed by atoms with E-state index in [1.165, 1.54) is 11.8 Å². The lowest BCUT2D eigenvalue weighted by Crippen LogP contribution is -2.15. The number of halogens is 1. The van der Waals surface area contributed by atoms with Crippen LogP contribution in [0.5, 0.6) is 0 Å². The summed E-state index contributed by atoms with van der Waals surface area (Å²) in [4.78, 5) is 24.6. The van der Waals surface area contributed by atoms with Crippen molar-refractivity contribution in [1.82, 2.24) is 14.8 Å². The van der Waals surface area contributed by atoms with Crippen LogP contribution in [0, 0.1) is 6.92 Å². The quantitative estimate of drug-likeness (QED) is 0.376. The van der Waals surface area contributed by atoms with Crippen molar-refractivity contribution in [1.29, 1.82) is 0 Å². The van der Waals surface area contributed by atoms with Gasteiger partial charge in [0, 0.05) is 22.7 Å². The van der Waals surface area contributed by atoms with Crippen molar-refractivity contribution in [3.05, 3.63) is 64.9 Å². The second-order valence-corrected chi connectivity index (χ2v) is 8.63. The Bertz CT molecular complexity index is 1050. The first kappa shape index (κ1) is 22.1. The number of thioether (sulfide) groups is 1. The van der Waals surface area contributed by atoms with Crippen LogP contribution in [0.2, 0.25) is 5.02 Å². The molecule has 0 fully saturated rings. The summed E-state index contributed by atoms with van der Waals surface area (Å²) < 4.78 is 1.81. The lowest BCUT2D eigenvalue weighted by atomic mass is 10.1. The van der Waals surface area contributed by atoms with Gasteiger partial charge in [-0.15, -0.1) is 10.2 Å². The third kappa shape index (κ3) is 5.29. The van der Waals surface area contributed by atoms with E-state index in [0.29, 0.717) is 27.9 Å². The summed E-state index contributed by atoms with van der Waals surface area (Å²) in [5, 5.41) is 11.9. The second kappa shape index (κ2) is 9.91. The molecule has 30 heavy (non-hydrogen) atoms. The lowest BCUT2D eigenvalue weighted by molar-refractivity contribution is -0.116. The van der Waals surface area contributed by atoms with E-state index in [0.717, 1.165) is 17.7 Å². The minimum Gasteiger partial charge on any atom is -0.326 e. The number of hydrogen-bond donors (Lipinski definition) is 1. The number of nitrogens with one attached hydrogen (secondary N) is 1. The number of carbonyl (C=O) groups is 2. The molecule has 1 amide bonds. The zero-order valence-corrected chi connectivity index (χ0v) is 18.6. The predicted molar refractivity (Wildman–Crippen MR) is 121 cm³/mol. The van der Waals surface area contributed by atoms with E-state index >= 15 is 0 Å². The Labute approximate surface area is 185 Å². The summed E-state index contributed by atoms with van der Waals surface area (Å²) in [5.41, 5.74) is 3.08. The number of rotatable bonds is 8. The van der Waals surface area contributed by atoms with Crippen LogP contribution in [0.3, 0.4) is 0 Å². The maximum Gasteiger partial charge on any atom is 0.224 e. The Hall–Kier alpha value is -2.64. The van der Waals surface area contributed by atoms with Crippen molar-refractivity contribution in [2.45, 2.75) is 44.0 Å². The number of amides is 1. The van der Waals surface area contributed by atoms with Gasteiger partial charge in [0.25, 0.3) is 0 Å². The van der Waals surface area contributed by atoms with Gasteiger partial charge in [0.2, 0.25) is 5.91 Å². The Morgan fingerprint density at radius 2 is 1.93 bits per heavy atom. The van der Waals surface area contributed by atoms with E-state index in [4.69, 9.17) is 11.6 Å². The summed E-state index contributed by atoms with van der Waals surface area (Å²) in [6.07, 6.45) is 2.87. The maximum atomic E-state index is 12.9. The van der Waals surface area contributed by atoms with Gasteiger partial charge >= 0.3 is 0 Å². The number of Topliss-reactive ketones (excluding diaryl/α,β-unsaturated/α-hetero) is 1. The van der Waals surface area contributed by atoms with Crippen LogP contribution in [0.1, 0.15) is 42.6 Å². The van der Waals surface area contributed by atoms with Crippen LogP contribution in [0.25, 0.3) is 5.69 Å². The molecule has 156 valence electrons. The number of hydrogen-bond acceptors (Lipinski definition) is 5. The molecule has 0 bridgehead atoms. The molecular weight excluding hydrogens is 420 g/mol. The molecule has 0 aliphatic rings. The highest BCUT2D eigenvalue weighted by Gasteiger charge is 2.20. The minimum atomic E-state index is -0.366. The van der Waals surface area contributed by atoms with Crippen LogP contribution in [0.15, 0.2) is 53.9 Å². The molecule has 1 atom stereocenters. The van der Waals surface area contributed by atoms with Gasteiger partial charge in [0.05, 0.1) is 10.9 Å². The molecule has 2 aromatic carbocycles. The monoisotopic (exact) mass is 442 g/mol. The van der Waals surface area contributed by atoms with E-state index in [2.05, 4.69) is 15.5 Å². The molecule has 0 aliphatic carbocycles. The highest BCUT2D eigenvalue weighted by atomic mass is 35.5. The van der Waals surface area contributed by atoms with Crippen molar-refractivity contribution >= 4 is 40.7 Å². The molecule has 1 unspecified atom stereocenters. The van der Waals surface area contributed by atoms with E-state index in [1.807, 2.05) is 43.5 Å². The smallest absolute Gasteiger partial charge is 0.224 e. The highest BCUT2D eigenvalue weighted by Crippen LogP contribution is 2.28. The maximum absolute atomic E-state index is 12.9. The molecular formula is C22H23ClN4O2S. The Balaban J connectivity index is 1.70. The van der Waals surface area contributed by atoms with Gasteiger partial charge in [-0.2, -0.15) is 0 Å². The molecule has 8 heteroatoms. The standard InChI is InChI=1S/C22H23ClN4O2S/c1-4-5-20(28)25-17-9-7-16(8-10-17)21(29)15(3)30-22-26-24-13-27(22)18-11-6-14(2)19(23)12-18/h6-13,15H,4-5H2,1-3H3,(H,25,28). The van der Waals surface area contributed by atoms with E-state index in [-0.39, 0.29) is 16.9 Å². The fourth-order valence-corrected chi connectivity index (χ4v) is 3.92. The molecule has 0 saturated carbocycles. The number of carbonyl (C=O) groups excluding carboxylic acids is 2. The van der Waals surface area contributed by atoms with E-state index in [9.17, 15) is 9.59 Å². The molecule has 0 radical (unpaired) electrons. The molecule has 1 N–H and O–H groups in total. The van der Waals surface area contributed by atoms with Gasteiger partial charge in [-0.1, -0.05) is 36.4 Å². The Morgan fingerprint density at radius 3 is 2.60 bits per heavy atom. The number of ketones is 1. The zero-order valence-electron chi connectivity index (χ0n) is 17.1. The van der Waals surface area contributed by atoms with Gasteiger partial charge in [0.1, 0.15) is 6.33 Å². The Morgan fingerprint density at radius 1 is 1.20 bits per heavy atom. The van der Waals surface area contributed by atoms with Crippen LogP contribution in [-0.4, -0.2) is 31.7 Å². The molecule has 6 nitrogen and oxygen atoms in total. The zero-order chi connectivity index (χ0) is 21.7. The molecule has 0 aliphatic heterocycles. The van der Waals surface area contributed by atoms with Crippen LogP contribution < -0.4 is 5.32 Å². The second-order valence-electron chi connectivity index (χ2n) is 6.92. The summed E-state index contributed by atoms with van der Waals surface area (Å²) in [6, 6.07) is 12.7. The van der Waals surface area contributed by atoms with Crippen molar-refractivity contribution in [2.75, 3.05) is 5.32 Å². The average molecular weight is 443 g/mol. The normalized spacial score (nSPS) is 11.9. The van der Waals surface area contributed by atoms with Crippen molar-refractivity contribution in [3.63, 3.8) is 0 Å². The predicted octanol–water partition coefficient (Wildman–Crippen LogP) is 5.33. The number of benzene rings is 2. The molecule has 0 saturated heterocycles. The van der Waals surface area contributed by atoms with Crippen LogP contribution in [0.4, 0.5) is 5.69 Å². The molecule has 3 rings (SSSR count). The summed E-state index contributed by atoms with van der Waals surface area (Å²) >= 11 is 7.57. The first-order valence-electron chi connectivity index (χ1n) is 9.66. The number of nitrogens with zero attached hydrogens (tertiary/aromatic N) is 3. The van der Waals surface area contributed by atoms with Gasteiger partial charge in [-0.25, -0.2) is 0 Å². The van der Waals surface area contributed by atoms with Crippen molar-refractivity contribution in [3.8, 4) is 5.69 Å². The van der Waals surface area contributed by atoms with Crippen molar-refractivity contribution in [2.24, 2.45) is 0 Å². The van der Waals surface area contributed by atoms with E-state index in [1.54, 1.807) is 30.6 Å². The minimum absolute atomic E-state index is 0.0251. The fourth-order valence-electron chi connectivity index (χ4n) is 2.83. The van der Waals surface area contributed by atoms with Gasteiger partial charge in [-0.05, 0) is 62.2 Å². The fraction of sp³-hybridized carbons (Fsp3) is 0.273. The molecule has 0 spiro atoms. The Kier molecular flexibility index (Phi) is 7.29. The number of aryl methyl sites for hydroxylation is 1. The average Bonchev–Trinajstić information content (AvgIpc) is 3.18. The SMILES string of the molecule is CCCC(=O)Nc1ccc(C(=O)C(C)Sc2nncn2-c2ccc(C)c(Cl)c2)cc1. The summed E-state index contributed by atoms with van der Waals surface area (Å²) in [6.45, 7) is 5.73. The van der Waals surface area contributed by atoms with Crippen molar-refractivity contribution < 1.29 is 9.59 Å². The third-order valence-electron chi connectivity index (χ3n) is 4.53.